The summed E-state index contributed by atoms with van der Waals surface area (Å²) in [5, 5.41) is 6.29. The normalized spacial score (nSPS) is 18.2. The van der Waals surface area contributed by atoms with E-state index in [2.05, 4.69) is 17.6 Å². The number of hydrogen-bond acceptors (Lipinski definition) is 4. The number of carbonyl (C=O) groups is 1. The van der Waals surface area contributed by atoms with Crippen LogP contribution < -0.4 is 20.1 Å². The third-order valence-electron chi connectivity index (χ3n) is 4.43. The number of ether oxygens (including phenoxy) is 2. The van der Waals surface area contributed by atoms with Crippen LogP contribution in [0.5, 0.6) is 11.5 Å². The number of hydrogen-bond donors (Lipinski definition) is 2. The molecule has 1 aromatic carbocycles. The van der Waals surface area contributed by atoms with Crippen molar-refractivity contribution in [1.82, 2.24) is 10.6 Å². The number of nitrogens with one attached hydrogen (secondary N) is 2. The zero-order valence-corrected chi connectivity index (χ0v) is 15.1. The predicted octanol–water partition coefficient (Wildman–Crippen LogP) is 3.19. The second kappa shape index (κ2) is 9.52. The van der Waals surface area contributed by atoms with Gasteiger partial charge in [-0.1, -0.05) is 25.8 Å². The number of amides is 1. The Bertz CT molecular complexity index is 527. The van der Waals surface area contributed by atoms with Crippen LogP contribution in [0, 0.1) is 0 Å². The molecule has 1 aromatic rings. The van der Waals surface area contributed by atoms with Crippen LogP contribution in [-0.2, 0) is 4.79 Å². The molecule has 0 aromatic heterocycles. The molecule has 1 heterocycles. The van der Waals surface area contributed by atoms with Crippen molar-refractivity contribution in [3.05, 3.63) is 23.8 Å². The van der Waals surface area contributed by atoms with E-state index in [-0.39, 0.29) is 18.0 Å². The first-order valence-corrected chi connectivity index (χ1v) is 9.00. The van der Waals surface area contributed by atoms with E-state index in [9.17, 15) is 4.79 Å². The van der Waals surface area contributed by atoms with Gasteiger partial charge in [0.05, 0.1) is 25.8 Å². The van der Waals surface area contributed by atoms with E-state index in [0.29, 0.717) is 12.4 Å². The molecule has 1 amide bonds. The van der Waals surface area contributed by atoms with Crippen LogP contribution in [-0.4, -0.2) is 32.2 Å². The van der Waals surface area contributed by atoms with Crippen LogP contribution >= 0.6 is 0 Å². The highest BCUT2D eigenvalue weighted by molar-refractivity contribution is 5.82. The number of unbranched alkanes of at least 4 members (excludes halogenated alkanes) is 2. The fourth-order valence-corrected chi connectivity index (χ4v) is 2.91. The average molecular weight is 334 g/mol. The molecule has 1 aliphatic heterocycles. The summed E-state index contributed by atoms with van der Waals surface area (Å²) in [5.41, 5.74) is 1.01. The summed E-state index contributed by atoms with van der Waals surface area (Å²) in [7, 11) is 1.64. The van der Waals surface area contributed by atoms with Crippen LogP contribution in [0.25, 0.3) is 0 Å². The van der Waals surface area contributed by atoms with Crippen molar-refractivity contribution in [2.24, 2.45) is 0 Å². The minimum absolute atomic E-state index is 0.0597. The van der Waals surface area contributed by atoms with E-state index in [1.807, 2.05) is 25.1 Å². The van der Waals surface area contributed by atoms with Crippen LogP contribution in [0.3, 0.4) is 0 Å². The highest BCUT2D eigenvalue weighted by Crippen LogP contribution is 2.30. The molecule has 0 radical (unpaired) electrons. The Labute approximate surface area is 145 Å². The van der Waals surface area contributed by atoms with Crippen molar-refractivity contribution in [2.75, 3.05) is 20.3 Å². The van der Waals surface area contributed by atoms with Crippen molar-refractivity contribution in [2.45, 2.75) is 58.0 Å². The molecule has 1 aliphatic rings. The SMILES string of the molecule is CCCCCOc1ccc(C(C)NC(=O)C2CCCN2)cc1OC. The summed E-state index contributed by atoms with van der Waals surface area (Å²) in [6.07, 6.45) is 5.35. The molecule has 2 unspecified atom stereocenters. The van der Waals surface area contributed by atoms with E-state index in [0.717, 1.165) is 37.1 Å². The summed E-state index contributed by atoms with van der Waals surface area (Å²) in [5.74, 6) is 1.54. The van der Waals surface area contributed by atoms with Crippen molar-refractivity contribution in [3.8, 4) is 11.5 Å². The van der Waals surface area contributed by atoms with Crippen molar-refractivity contribution in [1.29, 1.82) is 0 Å². The topological polar surface area (TPSA) is 59.6 Å². The quantitative estimate of drug-likeness (QED) is 0.681. The molecular formula is C19H30N2O3. The molecule has 134 valence electrons. The smallest absolute Gasteiger partial charge is 0.237 e. The Morgan fingerprint density at radius 2 is 2.21 bits per heavy atom. The number of benzene rings is 1. The van der Waals surface area contributed by atoms with Gasteiger partial charge < -0.3 is 20.1 Å². The van der Waals surface area contributed by atoms with Crippen LogP contribution in [0.2, 0.25) is 0 Å². The van der Waals surface area contributed by atoms with E-state index in [1.54, 1.807) is 7.11 Å². The molecule has 0 spiro atoms. The minimum atomic E-state index is -0.0667. The second-order valence-corrected chi connectivity index (χ2v) is 6.35. The number of methoxy groups -OCH3 is 1. The summed E-state index contributed by atoms with van der Waals surface area (Å²) in [4.78, 5) is 12.2. The van der Waals surface area contributed by atoms with Crippen LogP contribution in [0.15, 0.2) is 18.2 Å². The molecule has 24 heavy (non-hydrogen) atoms. The predicted molar refractivity (Wildman–Crippen MR) is 95.6 cm³/mol. The molecule has 1 fully saturated rings. The molecule has 0 saturated carbocycles. The third kappa shape index (κ3) is 5.13. The van der Waals surface area contributed by atoms with E-state index in [1.165, 1.54) is 12.8 Å². The maximum Gasteiger partial charge on any atom is 0.237 e. The molecule has 0 bridgehead atoms. The van der Waals surface area contributed by atoms with Crippen molar-refractivity contribution < 1.29 is 14.3 Å². The highest BCUT2D eigenvalue weighted by atomic mass is 16.5. The lowest BCUT2D eigenvalue weighted by Crippen LogP contribution is -2.41. The second-order valence-electron chi connectivity index (χ2n) is 6.35. The van der Waals surface area contributed by atoms with E-state index >= 15 is 0 Å². The minimum Gasteiger partial charge on any atom is -0.493 e. The molecule has 2 atom stereocenters. The van der Waals surface area contributed by atoms with E-state index < -0.39 is 0 Å². The largest absolute Gasteiger partial charge is 0.493 e. The Kier molecular flexibility index (Phi) is 7.37. The fraction of sp³-hybridized carbons (Fsp3) is 0.632. The van der Waals surface area contributed by atoms with Crippen LogP contribution in [0.4, 0.5) is 0 Å². The first-order chi connectivity index (χ1) is 11.7. The van der Waals surface area contributed by atoms with Gasteiger partial charge in [0.25, 0.3) is 0 Å². The van der Waals surface area contributed by atoms with Gasteiger partial charge in [0.1, 0.15) is 0 Å². The van der Waals surface area contributed by atoms with Gasteiger partial charge in [0, 0.05) is 0 Å². The third-order valence-corrected chi connectivity index (χ3v) is 4.43. The summed E-state index contributed by atoms with van der Waals surface area (Å²) >= 11 is 0. The average Bonchev–Trinajstić information content (AvgIpc) is 3.13. The standard InChI is InChI=1S/C19H30N2O3/c1-4-5-6-12-24-17-10-9-15(13-18(17)23-3)14(2)21-19(22)16-8-7-11-20-16/h9-10,13-14,16,20H,4-8,11-12H2,1-3H3,(H,21,22). The van der Waals surface area contributed by atoms with Gasteiger partial charge in [-0.05, 0) is 50.4 Å². The van der Waals surface area contributed by atoms with Gasteiger partial charge in [-0.2, -0.15) is 0 Å². The van der Waals surface area contributed by atoms with Gasteiger partial charge in [0.2, 0.25) is 5.91 Å². The van der Waals surface area contributed by atoms with Gasteiger partial charge in [-0.25, -0.2) is 0 Å². The Morgan fingerprint density at radius 1 is 1.38 bits per heavy atom. The van der Waals surface area contributed by atoms with E-state index in [4.69, 9.17) is 9.47 Å². The molecule has 0 aliphatic carbocycles. The maximum atomic E-state index is 12.2. The lowest BCUT2D eigenvalue weighted by Gasteiger charge is -2.19. The van der Waals surface area contributed by atoms with Gasteiger partial charge >= 0.3 is 0 Å². The molecule has 5 heteroatoms. The van der Waals surface area contributed by atoms with Gasteiger partial charge in [-0.15, -0.1) is 0 Å². The zero-order valence-electron chi connectivity index (χ0n) is 15.1. The monoisotopic (exact) mass is 334 g/mol. The van der Waals surface area contributed by atoms with Gasteiger partial charge in [0.15, 0.2) is 11.5 Å². The van der Waals surface area contributed by atoms with Crippen LogP contribution in [0.1, 0.15) is 57.6 Å². The Hall–Kier alpha value is -1.75. The summed E-state index contributed by atoms with van der Waals surface area (Å²) in [6, 6.07) is 5.74. The molecule has 2 N–H and O–H groups in total. The first kappa shape index (κ1) is 18.6. The molecule has 2 rings (SSSR count). The van der Waals surface area contributed by atoms with Gasteiger partial charge in [-0.3, -0.25) is 4.79 Å². The highest BCUT2D eigenvalue weighted by Gasteiger charge is 2.23. The lowest BCUT2D eigenvalue weighted by molar-refractivity contribution is -0.123. The number of carbonyl (C=O) groups excluding carboxylic acids is 1. The Morgan fingerprint density at radius 3 is 2.88 bits per heavy atom. The molecule has 5 nitrogen and oxygen atoms in total. The van der Waals surface area contributed by atoms with Crippen molar-refractivity contribution >= 4 is 5.91 Å². The fourth-order valence-electron chi connectivity index (χ4n) is 2.91. The Balaban J connectivity index is 1.95. The zero-order chi connectivity index (χ0) is 17.4. The molecule has 1 saturated heterocycles. The number of rotatable bonds is 9. The molecular weight excluding hydrogens is 304 g/mol. The van der Waals surface area contributed by atoms with Crippen molar-refractivity contribution in [3.63, 3.8) is 0 Å². The summed E-state index contributed by atoms with van der Waals surface area (Å²) in [6.45, 7) is 5.78. The first-order valence-electron chi connectivity index (χ1n) is 9.00. The maximum absolute atomic E-state index is 12.2. The summed E-state index contributed by atoms with van der Waals surface area (Å²) < 4.78 is 11.3. The lowest BCUT2D eigenvalue weighted by atomic mass is 10.1.